The zero-order valence-electron chi connectivity index (χ0n) is 15.8. The van der Waals surface area contributed by atoms with Gasteiger partial charge < -0.3 is 10.6 Å². The Balaban J connectivity index is 0.00000364. The van der Waals surface area contributed by atoms with Crippen LogP contribution < -0.4 is 10.6 Å². The molecule has 0 aromatic carbocycles. The van der Waals surface area contributed by atoms with Gasteiger partial charge in [-0.05, 0) is 32.7 Å². The fraction of sp³-hybridized carbons (Fsp3) is 0.765. The van der Waals surface area contributed by atoms with Crippen molar-refractivity contribution in [3.8, 4) is 0 Å². The van der Waals surface area contributed by atoms with E-state index in [9.17, 15) is 13.2 Å². The number of hydrogen-bond donors (Lipinski definition) is 2. The Morgan fingerprint density at radius 1 is 1.33 bits per heavy atom. The van der Waals surface area contributed by atoms with Crippen molar-refractivity contribution in [3.05, 3.63) is 16.1 Å². The summed E-state index contributed by atoms with van der Waals surface area (Å²) in [6.07, 6.45) is 0.581. The molecule has 0 amide bonds. The number of nitrogens with one attached hydrogen (secondary N) is 2. The normalized spacial score (nSPS) is 18.9. The van der Waals surface area contributed by atoms with Crippen molar-refractivity contribution in [2.75, 3.05) is 26.2 Å². The predicted molar refractivity (Wildman–Crippen MR) is 115 cm³/mol. The summed E-state index contributed by atoms with van der Waals surface area (Å²) < 4.78 is 37.8. The minimum Gasteiger partial charge on any atom is -0.357 e. The van der Waals surface area contributed by atoms with Crippen LogP contribution in [0.25, 0.3) is 0 Å². The first-order chi connectivity index (χ1) is 12.4. The number of nitrogens with zero attached hydrogens (tertiary/aromatic N) is 3. The number of aliphatic imine (C=N–C) groups is 1. The Morgan fingerprint density at radius 2 is 2.11 bits per heavy atom. The summed E-state index contributed by atoms with van der Waals surface area (Å²) >= 11 is 0.984. The van der Waals surface area contributed by atoms with Gasteiger partial charge in [-0.15, -0.1) is 35.3 Å². The van der Waals surface area contributed by atoms with Crippen molar-refractivity contribution < 1.29 is 13.2 Å². The molecule has 156 valence electrons. The number of piperidine rings is 1. The van der Waals surface area contributed by atoms with Crippen LogP contribution in [-0.2, 0) is 12.7 Å². The standard InChI is InChI=1S/C17H28F3N5S.HI/c1-3-13-7-5-6-9-25(13)10-8-22-16(21-4-2)23-11-15-24-14(12-26-15)17(18,19)20;/h12-13H,3-11H2,1-2H3,(H2,21,22,23);1H. The second-order valence-corrected chi connectivity index (χ2v) is 7.28. The van der Waals surface area contributed by atoms with E-state index < -0.39 is 11.9 Å². The number of alkyl halides is 3. The highest BCUT2D eigenvalue weighted by atomic mass is 127. The Hall–Kier alpha value is -0.620. The lowest BCUT2D eigenvalue weighted by atomic mass is 10.0. The van der Waals surface area contributed by atoms with E-state index >= 15 is 0 Å². The molecule has 0 radical (unpaired) electrons. The predicted octanol–water partition coefficient (Wildman–Crippen LogP) is 4.10. The fourth-order valence-corrected chi connectivity index (χ4v) is 3.86. The van der Waals surface area contributed by atoms with Gasteiger partial charge in [-0.2, -0.15) is 13.2 Å². The molecule has 5 nitrogen and oxygen atoms in total. The van der Waals surface area contributed by atoms with Gasteiger partial charge in [-0.3, -0.25) is 4.90 Å². The van der Waals surface area contributed by atoms with Crippen LogP contribution in [0.5, 0.6) is 0 Å². The maximum absolute atomic E-state index is 12.6. The highest BCUT2D eigenvalue weighted by Gasteiger charge is 2.33. The van der Waals surface area contributed by atoms with E-state index in [2.05, 4.69) is 32.4 Å². The smallest absolute Gasteiger partial charge is 0.357 e. The summed E-state index contributed by atoms with van der Waals surface area (Å²) in [5.74, 6) is 0.612. The van der Waals surface area contributed by atoms with Crippen LogP contribution >= 0.6 is 35.3 Å². The lowest BCUT2D eigenvalue weighted by molar-refractivity contribution is -0.140. The minimum atomic E-state index is -4.40. The molecule has 1 aliphatic rings. The Kier molecular flexibility index (Phi) is 10.9. The van der Waals surface area contributed by atoms with Gasteiger partial charge >= 0.3 is 6.18 Å². The van der Waals surface area contributed by atoms with Gasteiger partial charge in [0, 0.05) is 31.1 Å². The fourth-order valence-electron chi connectivity index (χ4n) is 3.14. The molecule has 2 N–H and O–H groups in total. The Morgan fingerprint density at radius 3 is 2.74 bits per heavy atom. The summed E-state index contributed by atoms with van der Waals surface area (Å²) in [5.41, 5.74) is -0.846. The van der Waals surface area contributed by atoms with Crippen LogP contribution in [0.3, 0.4) is 0 Å². The summed E-state index contributed by atoms with van der Waals surface area (Å²) in [6.45, 7) is 7.85. The topological polar surface area (TPSA) is 52.6 Å². The molecule has 27 heavy (non-hydrogen) atoms. The summed E-state index contributed by atoms with van der Waals surface area (Å²) in [6, 6.07) is 0.654. The number of rotatable bonds is 7. The van der Waals surface area contributed by atoms with Crippen LogP contribution in [0.4, 0.5) is 13.2 Å². The SMILES string of the molecule is CCNC(=NCc1nc(C(F)(F)F)cs1)NCCN1CCCCC1CC.I. The highest BCUT2D eigenvalue weighted by molar-refractivity contribution is 14.0. The van der Waals surface area contributed by atoms with E-state index in [0.717, 1.165) is 36.4 Å². The molecule has 1 atom stereocenters. The van der Waals surface area contributed by atoms with E-state index in [-0.39, 0.29) is 30.5 Å². The summed E-state index contributed by atoms with van der Waals surface area (Å²) in [7, 11) is 0. The first-order valence-electron chi connectivity index (χ1n) is 9.21. The van der Waals surface area contributed by atoms with E-state index in [1.165, 1.54) is 25.7 Å². The molecular formula is C17H29F3IN5S. The quantitative estimate of drug-likeness (QED) is 0.324. The highest BCUT2D eigenvalue weighted by Crippen LogP contribution is 2.30. The molecule has 0 saturated carbocycles. The van der Waals surface area contributed by atoms with Gasteiger partial charge in [0.05, 0.1) is 6.54 Å². The molecule has 1 aromatic heterocycles. The first kappa shape index (κ1) is 24.4. The maximum atomic E-state index is 12.6. The number of thiazole rings is 1. The van der Waals surface area contributed by atoms with Gasteiger partial charge in [0.25, 0.3) is 0 Å². The van der Waals surface area contributed by atoms with Gasteiger partial charge in [-0.1, -0.05) is 13.3 Å². The van der Waals surface area contributed by atoms with E-state index in [4.69, 9.17) is 0 Å². The molecule has 1 unspecified atom stereocenters. The molecule has 0 aliphatic carbocycles. The monoisotopic (exact) mass is 519 g/mol. The van der Waals surface area contributed by atoms with Gasteiger partial charge in [0.15, 0.2) is 11.7 Å². The van der Waals surface area contributed by atoms with E-state index in [0.29, 0.717) is 23.6 Å². The van der Waals surface area contributed by atoms with E-state index in [1.807, 2.05) is 6.92 Å². The Labute approximate surface area is 180 Å². The molecule has 2 rings (SSSR count). The number of hydrogen-bond acceptors (Lipinski definition) is 4. The number of aromatic nitrogens is 1. The molecule has 2 heterocycles. The Bertz CT molecular complexity index is 579. The van der Waals surface area contributed by atoms with Crippen molar-refractivity contribution in [1.29, 1.82) is 0 Å². The molecule has 0 spiro atoms. The van der Waals surface area contributed by atoms with Crippen LogP contribution in [0.15, 0.2) is 10.4 Å². The second kappa shape index (κ2) is 12.1. The lowest BCUT2D eigenvalue weighted by Gasteiger charge is -2.35. The summed E-state index contributed by atoms with van der Waals surface area (Å²) in [5, 5.41) is 7.79. The lowest BCUT2D eigenvalue weighted by Crippen LogP contribution is -2.45. The largest absolute Gasteiger partial charge is 0.434 e. The average Bonchev–Trinajstić information content (AvgIpc) is 3.09. The average molecular weight is 519 g/mol. The van der Waals surface area contributed by atoms with Crippen LogP contribution in [0.1, 0.15) is 50.2 Å². The molecule has 1 saturated heterocycles. The zero-order valence-corrected chi connectivity index (χ0v) is 19.0. The zero-order chi connectivity index (χ0) is 19.0. The van der Waals surface area contributed by atoms with Crippen molar-refractivity contribution in [1.82, 2.24) is 20.5 Å². The maximum Gasteiger partial charge on any atom is 0.434 e. The molecule has 1 aliphatic heterocycles. The van der Waals surface area contributed by atoms with E-state index in [1.54, 1.807) is 0 Å². The van der Waals surface area contributed by atoms with Crippen molar-refractivity contribution in [3.63, 3.8) is 0 Å². The molecule has 0 bridgehead atoms. The van der Waals surface area contributed by atoms with Crippen LogP contribution in [0, 0.1) is 0 Å². The van der Waals surface area contributed by atoms with Crippen LogP contribution in [-0.4, -0.2) is 48.1 Å². The van der Waals surface area contributed by atoms with Crippen molar-refractivity contribution in [2.45, 2.75) is 58.3 Å². The number of likely N-dealkylation sites (tertiary alicyclic amines) is 1. The third-order valence-corrected chi connectivity index (χ3v) is 5.30. The second-order valence-electron chi connectivity index (χ2n) is 6.34. The molecule has 1 aromatic rings. The molecule has 1 fully saturated rings. The molecular weight excluding hydrogens is 490 g/mol. The molecule has 10 heteroatoms. The third kappa shape index (κ3) is 8.10. The van der Waals surface area contributed by atoms with Gasteiger partial charge in [0.2, 0.25) is 0 Å². The number of halogens is 4. The van der Waals surface area contributed by atoms with Gasteiger partial charge in [-0.25, -0.2) is 9.98 Å². The van der Waals surface area contributed by atoms with Crippen molar-refractivity contribution in [2.24, 2.45) is 4.99 Å². The summed E-state index contributed by atoms with van der Waals surface area (Å²) in [4.78, 5) is 10.5. The number of guanidine groups is 1. The van der Waals surface area contributed by atoms with Crippen LogP contribution in [0.2, 0.25) is 0 Å². The van der Waals surface area contributed by atoms with Gasteiger partial charge in [0.1, 0.15) is 5.01 Å². The third-order valence-electron chi connectivity index (χ3n) is 4.47. The minimum absolute atomic E-state index is 0. The first-order valence-corrected chi connectivity index (χ1v) is 10.1. The van der Waals surface area contributed by atoms with Crippen molar-refractivity contribution >= 4 is 41.3 Å².